The molecular weight excluding hydrogens is 272 g/mol. The number of rotatable bonds is 3. The molecule has 0 bridgehead atoms. The van der Waals surface area contributed by atoms with Gasteiger partial charge in [-0.3, -0.25) is 14.5 Å². The second-order valence-corrected chi connectivity index (χ2v) is 4.60. The molecule has 1 saturated heterocycles. The number of nitrogens with zero attached hydrogens (tertiary/aromatic N) is 2. The number of furan rings is 1. The van der Waals surface area contributed by atoms with Gasteiger partial charge in [-0.25, -0.2) is 0 Å². The largest absolute Gasteiger partial charge is 0.468 e. The average Bonchev–Trinajstić information content (AvgIpc) is 2.85. The van der Waals surface area contributed by atoms with E-state index in [1.165, 1.54) is 13.4 Å². The summed E-state index contributed by atoms with van der Waals surface area (Å²) in [5.41, 5.74) is 0.378. The number of hydrogen-bond donors (Lipinski definition) is 0. The van der Waals surface area contributed by atoms with Gasteiger partial charge >= 0.3 is 5.97 Å². The average molecular weight is 287 g/mol. The van der Waals surface area contributed by atoms with Crippen molar-refractivity contribution in [3.8, 4) is 0 Å². The number of piperazine rings is 1. The first-order valence-corrected chi connectivity index (χ1v) is 6.31. The van der Waals surface area contributed by atoms with Crippen molar-refractivity contribution in [3.05, 3.63) is 23.1 Å². The lowest BCUT2D eigenvalue weighted by atomic mass is 10.2. The fourth-order valence-electron chi connectivity index (χ4n) is 1.97. The molecule has 2 rings (SSSR count). The van der Waals surface area contributed by atoms with Crippen LogP contribution >= 0.6 is 11.6 Å². The molecule has 6 nitrogen and oxygen atoms in total. The highest BCUT2D eigenvalue weighted by molar-refractivity contribution is 6.32. The highest BCUT2D eigenvalue weighted by atomic mass is 35.5. The smallest absolute Gasteiger partial charge is 0.319 e. The molecule has 2 heterocycles. The molecule has 1 aliphatic heterocycles. The Balaban J connectivity index is 1.88. The number of halogens is 1. The zero-order chi connectivity index (χ0) is 13.8. The monoisotopic (exact) mass is 286 g/mol. The van der Waals surface area contributed by atoms with Gasteiger partial charge in [0.15, 0.2) is 0 Å². The number of ether oxygens (including phenoxy) is 1. The van der Waals surface area contributed by atoms with Crippen LogP contribution in [0.4, 0.5) is 0 Å². The quantitative estimate of drug-likeness (QED) is 0.772. The van der Waals surface area contributed by atoms with E-state index in [0.29, 0.717) is 31.7 Å². The van der Waals surface area contributed by atoms with Crippen molar-refractivity contribution in [2.45, 2.75) is 0 Å². The van der Waals surface area contributed by atoms with E-state index in [-0.39, 0.29) is 23.6 Å². The fourth-order valence-corrected chi connectivity index (χ4v) is 2.17. The van der Waals surface area contributed by atoms with Crippen LogP contribution in [0.3, 0.4) is 0 Å². The molecule has 0 saturated carbocycles. The maximum absolute atomic E-state index is 12.1. The Labute approximate surface area is 115 Å². The molecule has 1 aromatic heterocycles. The van der Waals surface area contributed by atoms with E-state index in [1.54, 1.807) is 11.0 Å². The molecule has 0 N–H and O–H groups in total. The van der Waals surface area contributed by atoms with Crippen LogP contribution in [0.25, 0.3) is 0 Å². The maximum Gasteiger partial charge on any atom is 0.319 e. The van der Waals surface area contributed by atoms with Gasteiger partial charge in [-0.05, 0) is 17.7 Å². The number of esters is 1. The SMILES string of the molecule is COC(=O)CN1CCN(C(=O)c2ccoc2Cl)CC1. The van der Waals surface area contributed by atoms with E-state index in [9.17, 15) is 9.59 Å². The van der Waals surface area contributed by atoms with Crippen LogP contribution < -0.4 is 0 Å². The lowest BCUT2D eigenvalue weighted by Crippen LogP contribution is -2.50. The summed E-state index contributed by atoms with van der Waals surface area (Å²) in [5.74, 6) is -0.408. The van der Waals surface area contributed by atoms with Crippen LogP contribution in [0.1, 0.15) is 10.4 Å². The van der Waals surface area contributed by atoms with Crippen LogP contribution in [-0.4, -0.2) is 61.5 Å². The van der Waals surface area contributed by atoms with Crippen LogP contribution in [0.5, 0.6) is 0 Å². The van der Waals surface area contributed by atoms with Gasteiger partial charge in [-0.15, -0.1) is 0 Å². The van der Waals surface area contributed by atoms with Gasteiger partial charge in [0.1, 0.15) is 0 Å². The van der Waals surface area contributed by atoms with Crippen molar-refractivity contribution >= 4 is 23.5 Å². The molecule has 1 aliphatic rings. The molecule has 0 atom stereocenters. The Bertz CT molecular complexity index is 466. The zero-order valence-electron chi connectivity index (χ0n) is 10.6. The van der Waals surface area contributed by atoms with E-state index in [1.807, 2.05) is 4.90 Å². The fraction of sp³-hybridized carbons (Fsp3) is 0.500. The standard InChI is InChI=1S/C12H15ClN2O4/c1-18-10(16)8-14-3-5-15(6-4-14)12(17)9-2-7-19-11(9)13/h2,7H,3-6,8H2,1H3. The highest BCUT2D eigenvalue weighted by Crippen LogP contribution is 2.19. The number of hydrogen-bond acceptors (Lipinski definition) is 5. The van der Waals surface area contributed by atoms with Gasteiger partial charge in [-0.1, -0.05) is 0 Å². The van der Waals surface area contributed by atoms with Gasteiger partial charge in [0.2, 0.25) is 5.22 Å². The van der Waals surface area contributed by atoms with E-state index in [4.69, 9.17) is 16.0 Å². The Morgan fingerprint density at radius 1 is 1.37 bits per heavy atom. The highest BCUT2D eigenvalue weighted by Gasteiger charge is 2.25. The van der Waals surface area contributed by atoms with Crippen molar-refractivity contribution in [1.82, 2.24) is 9.80 Å². The molecule has 0 aliphatic carbocycles. The number of carbonyl (C=O) groups excluding carboxylic acids is 2. The number of amides is 1. The van der Waals surface area contributed by atoms with Gasteiger partial charge in [0.25, 0.3) is 5.91 Å². The summed E-state index contributed by atoms with van der Waals surface area (Å²) in [4.78, 5) is 26.9. The first-order valence-electron chi connectivity index (χ1n) is 5.93. The van der Waals surface area contributed by atoms with Gasteiger partial charge < -0.3 is 14.1 Å². The minimum Gasteiger partial charge on any atom is -0.468 e. The Morgan fingerprint density at radius 3 is 2.58 bits per heavy atom. The lowest BCUT2D eigenvalue weighted by Gasteiger charge is -2.33. The zero-order valence-corrected chi connectivity index (χ0v) is 11.4. The second kappa shape index (κ2) is 6.08. The summed E-state index contributed by atoms with van der Waals surface area (Å²) in [6.45, 7) is 2.63. The van der Waals surface area contributed by atoms with Crippen molar-refractivity contribution in [2.24, 2.45) is 0 Å². The Kier molecular flexibility index (Phi) is 4.44. The topological polar surface area (TPSA) is 63.0 Å². The minimum absolute atomic E-state index is 0.113. The van der Waals surface area contributed by atoms with E-state index in [2.05, 4.69) is 4.74 Å². The van der Waals surface area contributed by atoms with Gasteiger partial charge in [0.05, 0.1) is 25.5 Å². The third-order valence-electron chi connectivity index (χ3n) is 3.09. The summed E-state index contributed by atoms with van der Waals surface area (Å²) in [6, 6.07) is 1.56. The molecule has 0 unspecified atom stereocenters. The number of methoxy groups -OCH3 is 1. The van der Waals surface area contributed by atoms with Crippen molar-refractivity contribution in [2.75, 3.05) is 39.8 Å². The summed E-state index contributed by atoms with van der Waals surface area (Å²) in [5, 5.41) is 0.113. The molecule has 1 aromatic rings. The minimum atomic E-state index is -0.266. The Morgan fingerprint density at radius 2 is 2.05 bits per heavy atom. The summed E-state index contributed by atoms with van der Waals surface area (Å²) in [6.07, 6.45) is 1.39. The first kappa shape index (κ1) is 13.9. The molecule has 0 spiro atoms. The molecule has 1 fully saturated rings. The molecular formula is C12H15ClN2O4. The predicted octanol–water partition coefficient (Wildman–Crippen LogP) is 0.864. The number of carbonyl (C=O) groups is 2. The summed E-state index contributed by atoms with van der Waals surface area (Å²) >= 11 is 5.78. The molecule has 7 heteroatoms. The van der Waals surface area contributed by atoms with Crippen molar-refractivity contribution in [1.29, 1.82) is 0 Å². The molecule has 0 aromatic carbocycles. The third-order valence-corrected chi connectivity index (χ3v) is 3.38. The van der Waals surface area contributed by atoms with Crippen LogP contribution in [-0.2, 0) is 9.53 Å². The second-order valence-electron chi connectivity index (χ2n) is 4.25. The predicted molar refractivity (Wildman–Crippen MR) is 68.1 cm³/mol. The maximum atomic E-state index is 12.1. The van der Waals surface area contributed by atoms with Crippen LogP contribution in [0.15, 0.2) is 16.7 Å². The van der Waals surface area contributed by atoms with E-state index in [0.717, 1.165) is 0 Å². The van der Waals surface area contributed by atoms with Gasteiger partial charge in [0, 0.05) is 26.2 Å². The van der Waals surface area contributed by atoms with Gasteiger partial charge in [-0.2, -0.15) is 0 Å². The normalized spacial score (nSPS) is 16.4. The molecule has 104 valence electrons. The van der Waals surface area contributed by atoms with E-state index >= 15 is 0 Å². The van der Waals surface area contributed by atoms with Crippen molar-refractivity contribution in [3.63, 3.8) is 0 Å². The third kappa shape index (κ3) is 3.27. The molecule has 1 amide bonds. The van der Waals surface area contributed by atoms with Crippen molar-refractivity contribution < 1.29 is 18.7 Å². The van der Waals surface area contributed by atoms with E-state index < -0.39 is 0 Å². The lowest BCUT2D eigenvalue weighted by molar-refractivity contribution is -0.142. The van der Waals surface area contributed by atoms with Crippen LogP contribution in [0.2, 0.25) is 5.22 Å². The Hall–Kier alpha value is -1.53. The molecule has 0 radical (unpaired) electrons. The first-order chi connectivity index (χ1) is 9.11. The summed E-state index contributed by atoms with van der Waals surface area (Å²) in [7, 11) is 1.36. The molecule has 19 heavy (non-hydrogen) atoms. The summed E-state index contributed by atoms with van der Waals surface area (Å²) < 4.78 is 9.52. The van der Waals surface area contributed by atoms with Crippen LogP contribution in [0, 0.1) is 0 Å².